The van der Waals surface area contributed by atoms with Crippen molar-refractivity contribution in [3.63, 3.8) is 0 Å². The average Bonchev–Trinajstić information content (AvgIpc) is 2.39. The smallest absolute Gasteiger partial charge is 0.323 e. The van der Waals surface area contributed by atoms with Crippen molar-refractivity contribution in [2.75, 3.05) is 18.8 Å². The van der Waals surface area contributed by atoms with Crippen molar-refractivity contribution in [3.8, 4) is 0 Å². The summed E-state index contributed by atoms with van der Waals surface area (Å²) < 4.78 is 12.7. The van der Waals surface area contributed by atoms with Gasteiger partial charge in [-0.1, -0.05) is 12.1 Å². The number of benzene rings is 1. The second-order valence-corrected chi connectivity index (χ2v) is 5.14. The third-order valence-corrected chi connectivity index (χ3v) is 3.40. The molecular formula is C13H14FNO5S. The summed E-state index contributed by atoms with van der Waals surface area (Å²) in [6, 6.07) is 5.77. The molecule has 1 rings (SSSR count). The predicted octanol–water partition coefficient (Wildman–Crippen LogP) is 1.06. The molecule has 114 valence electrons. The van der Waals surface area contributed by atoms with E-state index in [-0.39, 0.29) is 11.6 Å². The number of rotatable bonds is 8. The normalized spacial score (nSPS) is 10.1. The summed E-state index contributed by atoms with van der Waals surface area (Å²) in [4.78, 5) is 33.7. The molecular weight excluding hydrogens is 301 g/mol. The molecule has 0 aliphatic carbocycles. The lowest BCUT2D eigenvalue weighted by atomic mass is 10.2. The fourth-order valence-corrected chi connectivity index (χ4v) is 2.37. The van der Waals surface area contributed by atoms with Crippen molar-refractivity contribution in [2.24, 2.45) is 0 Å². The Morgan fingerprint density at radius 2 is 1.57 bits per heavy atom. The second-order valence-electron chi connectivity index (χ2n) is 4.16. The first-order chi connectivity index (χ1) is 9.88. The molecule has 0 aliphatic heterocycles. The average molecular weight is 315 g/mol. The van der Waals surface area contributed by atoms with Gasteiger partial charge in [-0.15, -0.1) is 11.8 Å². The van der Waals surface area contributed by atoms with Gasteiger partial charge in [0.1, 0.15) is 18.9 Å². The van der Waals surface area contributed by atoms with E-state index in [2.05, 4.69) is 0 Å². The van der Waals surface area contributed by atoms with Gasteiger partial charge in [0, 0.05) is 5.75 Å². The molecule has 0 heterocycles. The molecule has 0 aliphatic rings. The number of halogens is 1. The number of hydrogen-bond donors (Lipinski definition) is 2. The topological polar surface area (TPSA) is 94.9 Å². The number of nitrogens with zero attached hydrogens (tertiary/aromatic N) is 1. The highest BCUT2D eigenvalue weighted by Gasteiger charge is 2.19. The summed E-state index contributed by atoms with van der Waals surface area (Å²) in [7, 11) is 0. The van der Waals surface area contributed by atoms with Gasteiger partial charge in [0.2, 0.25) is 5.91 Å². The number of amides is 1. The van der Waals surface area contributed by atoms with E-state index >= 15 is 0 Å². The van der Waals surface area contributed by atoms with Gasteiger partial charge in [-0.05, 0) is 17.7 Å². The van der Waals surface area contributed by atoms with Crippen LogP contribution in [0.5, 0.6) is 0 Å². The van der Waals surface area contributed by atoms with Crippen LogP contribution in [0.15, 0.2) is 24.3 Å². The number of carboxylic acids is 2. The standard InChI is InChI=1S/C13H14FNO5S/c14-10-3-1-9(2-4-10)7-21-8-11(16)15(5-12(17)18)6-13(19)20/h1-4H,5-8H2,(H,17,18)(H,19,20). The minimum absolute atomic E-state index is 0.0437. The third kappa shape index (κ3) is 6.75. The zero-order chi connectivity index (χ0) is 15.8. The van der Waals surface area contributed by atoms with Gasteiger partial charge in [-0.3, -0.25) is 14.4 Å². The van der Waals surface area contributed by atoms with Crippen LogP contribution in [0, 0.1) is 5.82 Å². The first kappa shape index (κ1) is 17.0. The molecule has 0 saturated carbocycles. The highest BCUT2D eigenvalue weighted by molar-refractivity contribution is 7.99. The first-order valence-corrected chi connectivity index (χ1v) is 7.07. The van der Waals surface area contributed by atoms with Crippen molar-refractivity contribution in [2.45, 2.75) is 5.75 Å². The maximum Gasteiger partial charge on any atom is 0.323 e. The quantitative estimate of drug-likeness (QED) is 0.745. The fraction of sp³-hybridized carbons (Fsp3) is 0.308. The lowest BCUT2D eigenvalue weighted by Gasteiger charge is -2.18. The van der Waals surface area contributed by atoms with Crippen LogP contribution in [0.4, 0.5) is 4.39 Å². The zero-order valence-corrected chi connectivity index (χ0v) is 11.8. The molecule has 0 spiro atoms. The third-order valence-electron chi connectivity index (χ3n) is 2.41. The lowest BCUT2D eigenvalue weighted by molar-refractivity contribution is -0.148. The Morgan fingerprint density at radius 3 is 2.05 bits per heavy atom. The Kier molecular flexibility index (Phi) is 6.67. The van der Waals surface area contributed by atoms with E-state index in [1.54, 1.807) is 12.1 Å². The molecule has 0 atom stereocenters. The molecule has 1 aromatic rings. The summed E-state index contributed by atoms with van der Waals surface area (Å²) >= 11 is 1.20. The zero-order valence-electron chi connectivity index (χ0n) is 11.0. The maximum absolute atomic E-state index is 12.7. The molecule has 8 heteroatoms. The van der Waals surface area contributed by atoms with Crippen molar-refractivity contribution < 1.29 is 29.0 Å². The van der Waals surface area contributed by atoms with Gasteiger partial charge in [0.15, 0.2) is 0 Å². The minimum Gasteiger partial charge on any atom is -0.480 e. The van der Waals surface area contributed by atoms with E-state index in [1.807, 2.05) is 0 Å². The molecule has 2 N–H and O–H groups in total. The van der Waals surface area contributed by atoms with E-state index in [0.29, 0.717) is 5.75 Å². The van der Waals surface area contributed by atoms with E-state index in [0.717, 1.165) is 10.5 Å². The first-order valence-electron chi connectivity index (χ1n) is 5.92. The number of aliphatic carboxylic acids is 2. The van der Waals surface area contributed by atoms with Crippen LogP contribution in [-0.4, -0.2) is 51.8 Å². The Bertz CT molecular complexity index is 504. The van der Waals surface area contributed by atoms with Gasteiger partial charge in [0.05, 0.1) is 5.75 Å². The molecule has 21 heavy (non-hydrogen) atoms. The van der Waals surface area contributed by atoms with Crippen LogP contribution in [0.25, 0.3) is 0 Å². The Labute approximate surface area is 124 Å². The summed E-state index contributed by atoms with van der Waals surface area (Å²) in [5.74, 6) is -3.06. The van der Waals surface area contributed by atoms with E-state index in [9.17, 15) is 18.8 Å². The molecule has 1 aromatic carbocycles. The van der Waals surface area contributed by atoms with Gasteiger partial charge in [-0.2, -0.15) is 0 Å². The molecule has 0 bridgehead atoms. The number of thioether (sulfide) groups is 1. The van der Waals surface area contributed by atoms with Crippen LogP contribution >= 0.6 is 11.8 Å². The largest absolute Gasteiger partial charge is 0.480 e. The van der Waals surface area contributed by atoms with E-state index < -0.39 is 30.9 Å². The van der Waals surface area contributed by atoms with Crippen LogP contribution in [-0.2, 0) is 20.1 Å². The summed E-state index contributed by atoms with van der Waals surface area (Å²) in [6.45, 7) is -1.30. The van der Waals surface area contributed by atoms with Crippen molar-refractivity contribution >= 4 is 29.6 Å². The molecule has 0 fully saturated rings. The Hall–Kier alpha value is -2.09. The predicted molar refractivity (Wildman–Crippen MR) is 74.4 cm³/mol. The highest BCUT2D eigenvalue weighted by atomic mass is 32.2. The molecule has 0 saturated heterocycles. The van der Waals surface area contributed by atoms with Crippen LogP contribution in [0.3, 0.4) is 0 Å². The fourth-order valence-electron chi connectivity index (χ4n) is 1.49. The number of carboxylic acid groups (broad SMARTS) is 2. The van der Waals surface area contributed by atoms with Gasteiger partial charge >= 0.3 is 11.9 Å². The summed E-state index contributed by atoms with van der Waals surface area (Å²) in [5.41, 5.74) is 0.817. The van der Waals surface area contributed by atoms with Crippen LogP contribution in [0.1, 0.15) is 5.56 Å². The van der Waals surface area contributed by atoms with Gasteiger partial charge < -0.3 is 15.1 Å². The second kappa shape index (κ2) is 8.25. The van der Waals surface area contributed by atoms with E-state index in [4.69, 9.17) is 10.2 Å². The van der Waals surface area contributed by atoms with Crippen molar-refractivity contribution in [3.05, 3.63) is 35.6 Å². The number of hydrogen-bond acceptors (Lipinski definition) is 4. The molecule has 6 nitrogen and oxygen atoms in total. The number of carbonyl (C=O) groups is 3. The molecule has 1 amide bonds. The lowest BCUT2D eigenvalue weighted by Crippen LogP contribution is -2.40. The van der Waals surface area contributed by atoms with Crippen LogP contribution in [0.2, 0.25) is 0 Å². The van der Waals surface area contributed by atoms with E-state index in [1.165, 1.54) is 23.9 Å². The number of carbonyl (C=O) groups excluding carboxylic acids is 1. The maximum atomic E-state index is 12.7. The summed E-state index contributed by atoms with van der Waals surface area (Å²) in [6.07, 6.45) is 0. The minimum atomic E-state index is -1.27. The molecule has 0 unspecified atom stereocenters. The monoisotopic (exact) mass is 315 g/mol. The highest BCUT2D eigenvalue weighted by Crippen LogP contribution is 2.13. The molecule has 0 aromatic heterocycles. The van der Waals surface area contributed by atoms with Gasteiger partial charge in [-0.25, -0.2) is 4.39 Å². The van der Waals surface area contributed by atoms with Crippen molar-refractivity contribution in [1.29, 1.82) is 0 Å². The molecule has 0 radical (unpaired) electrons. The van der Waals surface area contributed by atoms with Crippen molar-refractivity contribution in [1.82, 2.24) is 4.90 Å². The Balaban J connectivity index is 2.47. The Morgan fingerprint density at radius 1 is 1.05 bits per heavy atom. The SMILES string of the molecule is O=C(O)CN(CC(=O)O)C(=O)CSCc1ccc(F)cc1. The van der Waals surface area contributed by atoms with Gasteiger partial charge in [0.25, 0.3) is 0 Å². The van der Waals surface area contributed by atoms with Crippen LogP contribution < -0.4 is 0 Å². The summed E-state index contributed by atoms with van der Waals surface area (Å²) in [5, 5.41) is 17.3.